The van der Waals surface area contributed by atoms with Crippen molar-refractivity contribution in [3.63, 3.8) is 0 Å². The summed E-state index contributed by atoms with van der Waals surface area (Å²) in [5.74, 6) is 0.574. The van der Waals surface area contributed by atoms with Gasteiger partial charge in [0.05, 0.1) is 11.9 Å². The summed E-state index contributed by atoms with van der Waals surface area (Å²) >= 11 is 0. The molecular formula is C18H21F3N4O3. The van der Waals surface area contributed by atoms with Gasteiger partial charge in [-0.3, -0.25) is 9.69 Å². The van der Waals surface area contributed by atoms with E-state index in [-0.39, 0.29) is 18.8 Å². The van der Waals surface area contributed by atoms with Crippen molar-refractivity contribution >= 4 is 5.69 Å². The Morgan fingerprint density at radius 3 is 2.82 bits per heavy atom. The van der Waals surface area contributed by atoms with E-state index in [1.165, 1.54) is 4.90 Å². The minimum Gasteiger partial charge on any atom is -0.492 e. The second-order valence-electron chi connectivity index (χ2n) is 6.67. The molecule has 0 saturated heterocycles. The zero-order chi connectivity index (χ0) is 20.5. The number of benzene rings is 1. The first-order chi connectivity index (χ1) is 13.2. The first-order valence-electron chi connectivity index (χ1n) is 8.70. The average molecular weight is 398 g/mol. The number of rotatable bonds is 6. The monoisotopic (exact) mass is 398 g/mol. The highest BCUT2D eigenvalue weighted by molar-refractivity contribution is 5.58. The molecule has 0 spiro atoms. The highest BCUT2D eigenvalue weighted by Crippen LogP contribution is 2.38. The van der Waals surface area contributed by atoms with Crippen molar-refractivity contribution in [1.82, 2.24) is 15.1 Å². The van der Waals surface area contributed by atoms with Crippen molar-refractivity contribution in [3.8, 4) is 5.75 Å². The molecule has 1 aliphatic heterocycles. The molecule has 2 N–H and O–H groups in total. The van der Waals surface area contributed by atoms with Crippen LogP contribution in [0.5, 0.6) is 5.75 Å². The van der Waals surface area contributed by atoms with Crippen LogP contribution in [0, 0.1) is 0 Å². The van der Waals surface area contributed by atoms with Crippen LogP contribution in [0.25, 0.3) is 0 Å². The van der Waals surface area contributed by atoms with E-state index < -0.39 is 23.5 Å². The van der Waals surface area contributed by atoms with Gasteiger partial charge in [0.2, 0.25) is 0 Å². The lowest BCUT2D eigenvalue weighted by Crippen LogP contribution is -2.32. The zero-order valence-electron chi connectivity index (χ0n) is 15.5. The molecule has 10 heteroatoms. The van der Waals surface area contributed by atoms with Gasteiger partial charge in [0, 0.05) is 25.2 Å². The number of H-pyrrole nitrogens is 1. The fourth-order valence-corrected chi connectivity index (χ4v) is 3.09. The molecule has 0 aliphatic carbocycles. The van der Waals surface area contributed by atoms with Crippen LogP contribution in [-0.2, 0) is 19.3 Å². The number of aromatic nitrogens is 2. The van der Waals surface area contributed by atoms with Crippen LogP contribution < -0.4 is 15.2 Å². The molecule has 3 rings (SSSR count). The topological polar surface area (TPSA) is 81.7 Å². The zero-order valence-corrected chi connectivity index (χ0v) is 15.5. The first-order valence-corrected chi connectivity index (χ1v) is 8.70. The van der Waals surface area contributed by atoms with Gasteiger partial charge < -0.3 is 14.7 Å². The highest BCUT2D eigenvalue weighted by atomic mass is 19.4. The molecule has 1 atom stereocenters. The van der Waals surface area contributed by atoms with Crippen LogP contribution in [-0.4, -0.2) is 46.6 Å². The van der Waals surface area contributed by atoms with Gasteiger partial charge in [0.15, 0.2) is 0 Å². The predicted molar refractivity (Wildman–Crippen MR) is 96.0 cm³/mol. The van der Waals surface area contributed by atoms with Gasteiger partial charge in [-0.05, 0) is 25.6 Å². The number of nitrogens with one attached hydrogen (secondary N) is 1. The van der Waals surface area contributed by atoms with E-state index in [9.17, 15) is 23.1 Å². The van der Waals surface area contributed by atoms with E-state index in [1.54, 1.807) is 31.0 Å². The number of ether oxygens (including phenoxy) is 1. The smallest absolute Gasteiger partial charge is 0.423 e. The van der Waals surface area contributed by atoms with Crippen molar-refractivity contribution < 1.29 is 23.0 Å². The molecule has 2 aromatic rings. The van der Waals surface area contributed by atoms with Crippen LogP contribution in [0.15, 0.2) is 29.2 Å². The molecule has 0 radical (unpaired) electrons. The molecule has 0 bridgehead atoms. The lowest BCUT2D eigenvalue weighted by atomic mass is 10.1. The Bertz CT molecular complexity index is 898. The molecule has 0 amide bonds. The number of nitrogens with zero attached hydrogens (tertiary/aromatic N) is 3. The van der Waals surface area contributed by atoms with Gasteiger partial charge in [-0.25, -0.2) is 5.10 Å². The number of anilines is 1. The molecule has 2 heterocycles. The highest BCUT2D eigenvalue weighted by Gasteiger charge is 2.39. The quantitative estimate of drug-likeness (QED) is 0.724. The van der Waals surface area contributed by atoms with Crippen molar-refractivity contribution in [3.05, 3.63) is 51.4 Å². The molecule has 152 valence electrons. The van der Waals surface area contributed by atoms with E-state index >= 15 is 0 Å². The minimum atomic E-state index is -4.79. The molecule has 1 unspecified atom stereocenters. The third kappa shape index (κ3) is 4.12. The molecule has 7 nitrogen and oxygen atoms in total. The predicted octanol–water partition coefficient (Wildman–Crippen LogP) is 1.96. The standard InChI is InChI=1S/C18H21F3N4O3/c1-11(26)24(2)6-7-28-15-5-3-4-12-9-25(10-13(12)15)14-8-22-23-17(27)16(14)18(19,20)21/h3-5,8,11,26H,6-7,9-10H2,1-2H3,(H,23,27). The van der Waals surface area contributed by atoms with Crippen molar-refractivity contribution in [2.45, 2.75) is 32.4 Å². The Balaban J connectivity index is 1.81. The number of likely N-dealkylation sites (N-methyl/N-ethyl adjacent to an activating group) is 1. The fraction of sp³-hybridized carbons (Fsp3) is 0.444. The largest absolute Gasteiger partial charge is 0.492 e. The summed E-state index contributed by atoms with van der Waals surface area (Å²) in [7, 11) is 1.75. The molecule has 0 fully saturated rings. The summed E-state index contributed by atoms with van der Waals surface area (Å²) in [5.41, 5.74) is -1.17. The van der Waals surface area contributed by atoms with Crippen molar-refractivity contribution in [2.75, 3.05) is 25.1 Å². The second-order valence-corrected chi connectivity index (χ2v) is 6.67. The summed E-state index contributed by atoms with van der Waals surface area (Å²) in [6, 6.07) is 5.35. The van der Waals surface area contributed by atoms with Crippen molar-refractivity contribution in [1.29, 1.82) is 0 Å². The summed E-state index contributed by atoms with van der Waals surface area (Å²) < 4.78 is 45.9. The Labute approximate surface area is 159 Å². The second kappa shape index (κ2) is 7.80. The third-order valence-electron chi connectivity index (χ3n) is 4.74. The Kier molecular flexibility index (Phi) is 5.61. The van der Waals surface area contributed by atoms with E-state index in [4.69, 9.17) is 4.74 Å². The number of aliphatic hydroxyl groups excluding tert-OH is 1. The van der Waals surface area contributed by atoms with Gasteiger partial charge in [0.25, 0.3) is 5.56 Å². The normalized spacial score (nSPS) is 15.0. The number of alkyl halides is 3. The fourth-order valence-electron chi connectivity index (χ4n) is 3.09. The van der Waals surface area contributed by atoms with Crippen LogP contribution in [0.4, 0.5) is 18.9 Å². The molecule has 1 aromatic heterocycles. The first kappa shape index (κ1) is 20.2. The van der Waals surface area contributed by atoms with Crippen molar-refractivity contribution in [2.24, 2.45) is 0 Å². The van der Waals surface area contributed by atoms with Gasteiger partial charge >= 0.3 is 6.18 Å². The summed E-state index contributed by atoms with van der Waals surface area (Å²) in [4.78, 5) is 14.9. The molecule has 0 saturated carbocycles. The van der Waals surface area contributed by atoms with Crippen LogP contribution in [0.3, 0.4) is 0 Å². The van der Waals surface area contributed by atoms with Crippen LogP contribution in [0.2, 0.25) is 0 Å². The maximum atomic E-state index is 13.4. The average Bonchev–Trinajstić information content (AvgIpc) is 3.05. The van der Waals surface area contributed by atoms with E-state index in [2.05, 4.69) is 5.10 Å². The molecule has 1 aliphatic rings. The van der Waals surface area contributed by atoms with E-state index in [0.29, 0.717) is 18.9 Å². The Morgan fingerprint density at radius 1 is 1.39 bits per heavy atom. The van der Waals surface area contributed by atoms with Gasteiger partial charge in [-0.15, -0.1) is 0 Å². The minimum absolute atomic E-state index is 0.173. The molecule has 1 aromatic carbocycles. The molecular weight excluding hydrogens is 377 g/mol. The van der Waals surface area contributed by atoms with Gasteiger partial charge in [-0.1, -0.05) is 12.1 Å². The maximum Gasteiger partial charge on any atom is 0.423 e. The number of aromatic amines is 1. The third-order valence-corrected chi connectivity index (χ3v) is 4.74. The summed E-state index contributed by atoms with van der Waals surface area (Å²) in [6.07, 6.45) is -4.37. The van der Waals surface area contributed by atoms with Gasteiger partial charge in [-0.2, -0.15) is 18.3 Å². The van der Waals surface area contributed by atoms with Crippen LogP contribution >= 0.6 is 0 Å². The number of halogens is 3. The number of hydrogen-bond donors (Lipinski definition) is 2. The SMILES string of the molecule is CC(O)N(C)CCOc1cccc2c1CN(c1cn[nH]c(=O)c1C(F)(F)F)C2. The van der Waals surface area contributed by atoms with Gasteiger partial charge in [0.1, 0.15) is 24.1 Å². The number of aliphatic hydroxyl groups is 1. The summed E-state index contributed by atoms with van der Waals surface area (Å²) in [5, 5.41) is 14.9. The van der Waals surface area contributed by atoms with Crippen LogP contribution in [0.1, 0.15) is 23.6 Å². The van der Waals surface area contributed by atoms with E-state index in [1.807, 2.05) is 11.2 Å². The molecule has 28 heavy (non-hydrogen) atoms. The Morgan fingerprint density at radius 2 is 2.14 bits per heavy atom. The maximum absolute atomic E-state index is 13.4. The number of hydrogen-bond acceptors (Lipinski definition) is 6. The summed E-state index contributed by atoms with van der Waals surface area (Å²) in [6.45, 7) is 2.84. The lowest BCUT2D eigenvalue weighted by Gasteiger charge is -2.21. The van der Waals surface area contributed by atoms with E-state index in [0.717, 1.165) is 17.3 Å². The lowest BCUT2D eigenvalue weighted by molar-refractivity contribution is -0.138. The number of fused-ring (bicyclic) bond motifs is 1. The Hall–Kier alpha value is -2.59.